The number of rotatable bonds is 9. The maximum Gasteiger partial charge on any atom is 0.410 e. The van der Waals surface area contributed by atoms with Gasteiger partial charge in [0.2, 0.25) is 0 Å². The Bertz CT molecular complexity index is 958. The molecule has 1 unspecified atom stereocenters. The largest absolute Gasteiger partial charge is 0.453 e. The minimum absolute atomic E-state index is 0.0872. The van der Waals surface area contributed by atoms with Gasteiger partial charge in [-0.2, -0.15) is 0 Å². The van der Waals surface area contributed by atoms with Gasteiger partial charge in [-0.1, -0.05) is 18.2 Å². The van der Waals surface area contributed by atoms with Crippen molar-refractivity contribution in [3.05, 3.63) is 34.9 Å². The lowest BCUT2D eigenvalue weighted by atomic mass is 9.96. The van der Waals surface area contributed by atoms with E-state index in [-0.39, 0.29) is 37.7 Å². The third-order valence-electron chi connectivity index (χ3n) is 6.57. The van der Waals surface area contributed by atoms with Gasteiger partial charge in [-0.25, -0.2) is 9.59 Å². The Labute approximate surface area is 219 Å². The van der Waals surface area contributed by atoms with Gasteiger partial charge in [0, 0.05) is 19.1 Å². The van der Waals surface area contributed by atoms with Crippen LogP contribution in [0.5, 0.6) is 0 Å². The highest BCUT2D eigenvalue weighted by atomic mass is 16.6. The molecule has 37 heavy (non-hydrogen) atoms. The molecular formula is C27H41N3O7. The second-order valence-corrected chi connectivity index (χ2v) is 10.6. The summed E-state index contributed by atoms with van der Waals surface area (Å²) in [6.07, 6.45) is 1.54. The first-order valence-electron chi connectivity index (χ1n) is 13.0. The molecule has 2 atom stereocenters. The van der Waals surface area contributed by atoms with Gasteiger partial charge >= 0.3 is 12.2 Å². The monoisotopic (exact) mass is 519 g/mol. The van der Waals surface area contributed by atoms with Crippen molar-refractivity contribution in [2.75, 3.05) is 33.4 Å². The van der Waals surface area contributed by atoms with Crippen molar-refractivity contribution >= 4 is 18.1 Å². The van der Waals surface area contributed by atoms with Gasteiger partial charge in [-0.05, 0) is 70.1 Å². The van der Waals surface area contributed by atoms with E-state index in [0.29, 0.717) is 25.9 Å². The van der Waals surface area contributed by atoms with Gasteiger partial charge in [0.05, 0.1) is 32.9 Å². The number of carbonyl (C=O) groups excluding carboxylic acids is 3. The summed E-state index contributed by atoms with van der Waals surface area (Å²) in [6.45, 7) is 8.63. The van der Waals surface area contributed by atoms with Gasteiger partial charge < -0.3 is 34.4 Å². The predicted octanol–water partition coefficient (Wildman–Crippen LogP) is 3.16. The minimum Gasteiger partial charge on any atom is -0.453 e. The zero-order valence-electron chi connectivity index (χ0n) is 22.6. The van der Waals surface area contributed by atoms with Gasteiger partial charge in [0.25, 0.3) is 5.91 Å². The molecule has 206 valence electrons. The fourth-order valence-corrected chi connectivity index (χ4v) is 4.49. The number of nitrogens with zero attached hydrogens (tertiary/aromatic N) is 2. The van der Waals surface area contributed by atoms with Crippen LogP contribution in [0.1, 0.15) is 69.7 Å². The molecule has 10 heteroatoms. The number of aliphatic hydroxyl groups is 1. The van der Waals surface area contributed by atoms with Gasteiger partial charge in [-0.3, -0.25) is 4.79 Å². The molecule has 0 bridgehead atoms. The van der Waals surface area contributed by atoms with E-state index in [1.165, 1.54) is 7.11 Å². The Morgan fingerprint density at radius 1 is 1.24 bits per heavy atom. The first kappa shape index (κ1) is 28.7. The third kappa shape index (κ3) is 8.07. The summed E-state index contributed by atoms with van der Waals surface area (Å²) in [5.41, 5.74) is 2.15. The lowest BCUT2D eigenvalue weighted by Crippen LogP contribution is -2.54. The van der Waals surface area contributed by atoms with Gasteiger partial charge in [0.15, 0.2) is 6.10 Å². The van der Waals surface area contributed by atoms with Crippen molar-refractivity contribution < 1.29 is 33.7 Å². The highest BCUT2D eigenvalue weighted by Gasteiger charge is 2.42. The van der Waals surface area contributed by atoms with Crippen molar-refractivity contribution in [2.24, 2.45) is 0 Å². The number of carbonyl (C=O) groups is 3. The van der Waals surface area contributed by atoms with E-state index in [9.17, 15) is 19.5 Å². The van der Waals surface area contributed by atoms with Crippen LogP contribution in [-0.2, 0) is 32.0 Å². The molecule has 1 saturated heterocycles. The molecule has 0 radical (unpaired) electrons. The predicted molar refractivity (Wildman–Crippen MR) is 137 cm³/mol. The van der Waals surface area contributed by atoms with Gasteiger partial charge in [-0.15, -0.1) is 0 Å². The van der Waals surface area contributed by atoms with Crippen LogP contribution in [0.25, 0.3) is 0 Å². The molecular weight excluding hydrogens is 478 g/mol. The average Bonchev–Trinajstić information content (AvgIpc) is 3.70. The SMILES string of the molecule is COC(=O)NCCCc1cc(C(C)N(C(=O)[C@H]2CN(C(=O)OC(C)(C)C)CCO2)C2CC2)ccc1CO. The molecule has 2 aliphatic rings. The van der Waals surface area contributed by atoms with Crippen LogP contribution in [0.3, 0.4) is 0 Å². The molecule has 3 rings (SSSR count). The minimum atomic E-state index is -0.745. The molecule has 1 saturated carbocycles. The van der Waals surface area contributed by atoms with E-state index in [4.69, 9.17) is 9.47 Å². The summed E-state index contributed by atoms with van der Waals surface area (Å²) in [4.78, 5) is 41.0. The lowest BCUT2D eigenvalue weighted by molar-refractivity contribution is -0.151. The van der Waals surface area contributed by atoms with E-state index in [0.717, 1.165) is 29.5 Å². The molecule has 1 aliphatic heterocycles. The van der Waals surface area contributed by atoms with Crippen molar-refractivity contribution in [1.82, 2.24) is 15.1 Å². The number of morpholine rings is 1. The fraction of sp³-hybridized carbons (Fsp3) is 0.667. The average molecular weight is 520 g/mol. The topological polar surface area (TPSA) is 118 Å². The number of amides is 3. The van der Waals surface area contributed by atoms with Crippen LogP contribution < -0.4 is 5.32 Å². The standard InChI is InChI=1S/C27H41N3O7/c1-18(19-8-9-21(17-31)20(15-19)7-6-12-28-25(33)35-5)30(22-10-11-22)24(32)23-16-29(13-14-36-23)26(34)37-27(2,3)4/h8-9,15,18,22-23,31H,6-7,10-14,16-17H2,1-5H3,(H,28,33)/t18?,23-/m1/s1. The Morgan fingerprint density at radius 2 is 1.97 bits per heavy atom. The second kappa shape index (κ2) is 12.6. The van der Waals surface area contributed by atoms with Crippen LogP contribution >= 0.6 is 0 Å². The number of nitrogens with one attached hydrogen (secondary N) is 1. The number of methoxy groups -OCH3 is 1. The Balaban J connectivity index is 1.71. The number of aryl methyl sites for hydroxylation is 1. The van der Waals surface area contributed by atoms with Crippen molar-refractivity contribution in [2.45, 2.75) is 83.8 Å². The number of alkyl carbamates (subject to hydrolysis) is 1. The van der Waals surface area contributed by atoms with E-state index in [1.54, 1.807) is 4.90 Å². The summed E-state index contributed by atoms with van der Waals surface area (Å²) in [7, 11) is 1.32. The number of benzene rings is 1. The van der Waals surface area contributed by atoms with Crippen LogP contribution in [0.15, 0.2) is 18.2 Å². The van der Waals surface area contributed by atoms with Crippen molar-refractivity contribution in [1.29, 1.82) is 0 Å². The molecule has 1 aromatic rings. The smallest absolute Gasteiger partial charge is 0.410 e. The molecule has 2 N–H and O–H groups in total. The molecule has 10 nitrogen and oxygen atoms in total. The lowest BCUT2D eigenvalue weighted by Gasteiger charge is -2.38. The number of ether oxygens (including phenoxy) is 3. The Morgan fingerprint density at radius 3 is 2.59 bits per heavy atom. The Hall–Kier alpha value is -2.85. The third-order valence-corrected chi connectivity index (χ3v) is 6.57. The van der Waals surface area contributed by atoms with E-state index in [2.05, 4.69) is 10.1 Å². The summed E-state index contributed by atoms with van der Waals surface area (Å²) < 4.78 is 15.9. The van der Waals surface area contributed by atoms with E-state index >= 15 is 0 Å². The summed E-state index contributed by atoms with van der Waals surface area (Å²) in [5.74, 6) is -0.127. The first-order chi connectivity index (χ1) is 17.5. The molecule has 1 heterocycles. The number of hydrogen-bond acceptors (Lipinski definition) is 7. The van der Waals surface area contributed by atoms with Crippen LogP contribution in [0.4, 0.5) is 9.59 Å². The highest BCUT2D eigenvalue weighted by Crippen LogP contribution is 2.36. The zero-order chi connectivity index (χ0) is 27.2. The van der Waals surface area contributed by atoms with Crippen molar-refractivity contribution in [3.8, 4) is 0 Å². The molecule has 2 fully saturated rings. The zero-order valence-corrected chi connectivity index (χ0v) is 22.6. The summed E-state index contributed by atoms with van der Waals surface area (Å²) in [5, 5.41) is 12.5. The quantitative estimate of drug-likeness (QED) is 0.481. The van der Waals surface area contributed by atoms with Crippen LogP contribution in [-0.4, -0.2) is 84.1 Å². The second-order valence-electron chi connectivity index (χ2n) is 10.6. The fourth-order valence-electron chi connectivity index (χ4n) is 4.49. The van der Waals surface area contributed by atoms with Crippen LogP contribution in [0, 0.1) is 0 Å². The maximum atomic E-state index is 13.7. The number of aliphatic hydroxyl groups excluding tert-OH is 1. The van der Waals surface area contributed by atoms with Gasteiger partial charge in [0.1, 0.15) is 5.60 Å². The first-order valence-corrected chi connectivity index (χ1v) is 13.0. The van der Waals surface area contributed by atoms with E-state index < -0.39 is 23.9 Å². The molecule has 0 aromatic heterocycles. The highest BCUT2D eigenvalue weighted by molar-refractivity contribution is 5.83. The summed E-state index contributed by atoms with van der Waals surface area (Å²) >= 11 is 0. The normalized spacial score (nSPS) is 18.6. The molecule has 1 aliphatic carbocycles. The van der Waals surface area contributed by atoms with Crippen molar-refractivity contribution in [3.63, 3.8) is 0 Å². The maximum absolute atomic E-state index is 13.7. The molecule has 3 amide bonds. The van der Waals surface area contributed by atoms with E-state index in [1.807, 2.05) is 50.8 Å². The molecule has 1 aromatic carbocycles. The molecule has 0 spiro atoms. The Kier molecular flexibility index (Phi) is 9.78. The van der Waals surface area contributed by atoms with Crippen LogP contribution in [0.2, 0.25) is 0 Å². The number of hydrogen-bond donors (Lipinski definition) is 2. The summed E-state index contributed by atoms with van der Waals surface area (Å²) in [6, 6.07) is 5.80.